The Morgan fingerprint density at radius 3 is 3.04 bits per heavy atom. The molecule has 0 bridgehead atoms. The second-order valence-corrected chi connectivity index (χ2v) is 6.76. The van der Waals surface area contributed by atoms with Crippen LogP contribution in [0.5, 0.6) is 5.75 Å². The fourth-order valence-electron chi connectivity index (χ4n) is 3.10. The van der Waals surface area contributed by atoms with Crippen molar-refractivity contribution in [2.45, 2.75) is 45.6 Å². The fourth-order valence-corrected chi connectivity index (χ4v) is 3.10. The molecule has 5 heteroatoms. The lowest BCUT2D eigenvalue weighted by Gasteiger charge is -2.30. The van der Waals surface area contributed by atoms with Crippen LogP contribution in [0.1, 0.15) is 39.5 Å². The second-order valence-electron chi connectivity index (χ2n) is 6.76. The van der Waals surface area contributed by atoms with Gasteiger partial charge < -0.3 is 15.0 Å². The molecule has 0 aromatic heterocycles. The summed E-state index contributed by atoms with van der Waals surface area (Å²) in [6.45, 7) is 8.15. The van der Waals surface area contributed by atoms with E-state index in [1.807, 2.05) is 0 Å². The van der Waals surface area contributed by atoms with Crippen molar-refractivity contribution in [2.75, 3.05) is 26.2 Å². The number of carbonyl (C=O) groups excluding carboxylic acids is 1. The molecule has 1 N–H and O–H groups in total. The Kier molecular flexibility index (Phi) is 7.50. The van der Waals surface area contributed by atoms with Crippen molar-refractivity contribution in [3.8, 4) is 5.75 Å². The van der Waals surface area contributed by atoms with Crippen molar-refractivity contribution < 1.29 is 13.9 Å². The summed E-state index contributed by atoms with van der Waals surface area (Å²) in [4.78, 5) is 14.5. The number of piperidine rings is 1. The molecule has 2 atom stereocenters. The zero-order valence-electron chi connectivity index (χ0n) is 14.8. The summed E-state index contributed by atoms with van der Waals surface area (Å²) >= 11 is 0. The van der Waals surface area contributed by atoms with Crippen LogP contribution >= 0.6 is 0 Å². The van der Waals surface area contributed by atoms with E-state index < -0.39 is 6.10 Å². The standard InChI is InChI=1S/C19H29FN2O2/c1-15-7-6-12-22(14-15)11-4-3-10-21-19(23)16(2)24-18-9-5-8-17(20)13-18/h5,8-9,13,15-16H,3-4,6-7,10-12,14H2,1-2H3,(H,21,23). The average Bonchev–Trinajstić information content (AvgIpc) is 2.54. The van der Waals surface area contributed by atoms with Gasteiger partial charge in [0.05, 0.1) is 0 Å². The Morgan fingerprint density at radius 1 is 1.46 bits per heavy atom. The molecular formula is C19H29FN2O2. The van der Waals surface area contributed by atoms with E-state index in [-0.39, 0.29) is 11.7 Å². The number of benzene rings is 1. The predicted molar refractivity (Wildman–Crippen MR) is 93.6 cm³/mol. The number of hydrogen-bond acceptors (Lipinski definition) is 3. The highest BCUT2D eigenvalue weighted by Gasteiger charge is 2.16. The summed E-state index contributed by atoms with van der Waals surface area (Å²) < 4.78 is 18.6. The molecular weight excluding hydrogens is 307 g/mol. The van der Waals surface area contributed by atoms with Gasteiger partial charge in [-0.15, -0.1) is 0 Å². The van der Waals surface area contributed by atoms with Crippen LogP contribution in [-0.2, 0) is 4.79 Å². The van der Waals surface area contributed by atoms with Gasteiger partial charge in [0, 0.05) is 19.2 Å². The van der Waals surface area contributed by atoms with Crippen LogP contribution in [0.4, 0.5) is 4.39 Å². The minimum Gasteiger partial charge on any atom is -0.481 e. The Balaban J connectivity index is 1.58. The van der Waals surface area contributed by atoms with Gasteiger partial charge in [-0.3, -0.25) is 4.79 Å². The van der Waals surface area contributed by atoms with Gasteiger partial charge in [0.15, 0.2) is 6.10 Å². The molecule has 1 amide bonds. The normalized spacial score (nSPS) is 19.7. The van der Waals surface area contributed by atoms with Gasteiger partial charge in [-0.25, -0.2) is 4.39 Å². The lowest BCUT2D eigenvalue weighted by Crippen LogP contribution is -2.37. The first-order valence-corrected chi connectivity index (χ1v) is 8.97. The molecule has 4 nitrogen and oxygen atoms in total. The second kappa shape index (κ2) is 9.62. The maximum absolute atomic E-state index is 13.1. The third-order valence-electron chi connectivity index (χ3n) is 4.42. The number of halogens is 1. The maximum atomic E-state index is 13.1. The summed E-state index contributed by atoms with van der Waals surface area (Å²) in [6.07, 6.45) is 4.06. The quantitative estimate of drug-likeness (QED) is 0.741. The number of ether oxygens (including phenoxy) is 1. The molecule has 2 rings (SSSR count). The Labute approximate surface area is 144 Å². The number of likely N-dealkylation sites (tertiary alicyclic amines) is 1. The zero-order chi connectivity index (χ0) is 17.4. The maximum Gasteiger partial charge on any atom is 0.260 e. The molecule has 0 spiro atoms. The van der Waals surface area contributed by atoms with Gasteiger partial charge in [-0.2, -0.15) is 0 Å². The number of nitrogens with zero attached hydrogens (tertiary/aromatic N) is 1. The first-order chi connectivity index (χ1) is 11.5. The van der Waals surface area contributed by atoms with E-state index in [0.29, 0.717) is 12.3 Å². The van der Waals surface area contributed by atoms with Crippen LogP contribution in [0.3, 0.4) is 0 Å². The Hall–Kier alpha value is -1.62. The number of hydrogen-bond donors (Lipinski definition) is 1. The summed E-state index contributed by atoms with van der Waals surface area (Å²) in [5.41, 5.74) is 0. The monoisotopic (exact) mass is 336 g/mol. The molecule has 0 radical (unpaired) electrons. The molecule has 0 aliphatic carbocycles. The summed E-state index contributed by atoms with van der Waals surface area (Å²) in [5, 5.41) is 2.89. The smallest absolute Gasteiger partial charge is 0.260 e. The Morgan fingerprint density at radius 2 is 2.29 bits per heavy atom. The highest BCUT2D eigenvalue weighted by molar-refractivity contribution is 5.80. The number of amides is 1. The van der Waals surface area contributed by atoms with Crippen molar-refractivity contribution in [2.24, 2.45) is 5.92 Å². The summed E-state index contributed by atoms with van der Waals surface area (Å²) in [6, 6.07) is 5.84. The topological polar surface area (TPSA) is 41.6 Å². The van der Waals surface area contributed by atoms with Crippen LogP contribution in [0, 0.1) is 11.7 Å². The van der Waals surface area contributed by atoms with E-state index in [1.165, 1.54) is 38.1 Å². The summed E-state index contributed by atoms with van der Waals surface area (Å²) in [5.74, 6) is 0.647. The number of nitrogens with one attached hydrogen (secondary N) is 1. The summed E-state index contributed by atoms with van der Waals surface area (Å²) in [7, 11) is 0. The van der Waals surface area contributed by atoms with Crippen LogP contribution in [0.25, 0.3) is 0 Å². The molecule has 134 valence electrons. The lowest BCUT2D eigenvalue weighted by molar-refractivity contribution is -0.127. The van der Waals surface area contributed by atoms with Crippen LogP contribution in [-0.4, -0.2) is 43.1 Å². The van der Waals surface area contributed by atoms with Crippen LogP contribution in [0.2, 0.25) is 0 Å². The molecule has 1 saturated heterocycles. The lowest BCUT2D eigenvalue weighted by atomic mass is 10.0. The molecule has 2 unspecified atom stereocenters. The third-order valence-corrected chi connectivity index (χ3v) is 4.42. The molecule has 24 heavy (non-hydrogen) atoms. The molecule has 1 aromatic rings. The third kappa shape index (κ3) is 6.48. The molecule has 1 aromatic carbocycles. The molecule has 1 heterocycles. The average molecular weight is 336 g/mol. The van der Waals surface area contributed by atoms with E-state index in [0.717, 1.165) is 25.3 Å². The van der Waals surface area contributed by atoms with Gasteiger partial charge in [-0.05, 0) is 63.7 Å². The van der Waals surface area contributed by atoms with Gasteiger partial charge in [0.2, 0.25) is 0 Å². The van der Waals surface area contributed by atoms with Crippen molar-refractivity contribution in [3.63, 3.8) is 0 Å². The van der Waals surface area contributed by atoms with Gasteiger partial charge in [0.1, 0.15) is 11.6 Å². The number of rotatable bonds is 8. The van der Waals surface area contributed by atoms with Crippen molar-refractivity contribution in [3.05, 3.63) is 30.1 Å². The highest BCUT2D eigenvalue weighted by Crippen LogP contribution is 2.16. The van der Waals surface area contributed by atoms with Crippen LogP contribution < -0.4 is 10.1 Å². The van der Waals surface area contributed by atoms with Crippen molar-refractivity contribution in [1.82, 2.24) is 10.2 Å². The minimum atomic E-state index is -0.630. The minimum absolute atomic E-state index is 0.161. The predicted octanol–water partition coefficient (Wildman–Crippen LogP) is 3.22. The van der Waals surface area contributed by atoms with E-state index >= 15 is 0 Å². The van der Waals surface area contributed by atoms with Gasteiger partial charge in [-0.1, -0.05) is 13.0 Å². The number of carbonyl (C=O) groups is 1. The molecule has 0 saturated carbocycles. The van der Waals surface area contributed by atoms with Crippen molar-refractivity contribution >= 4 is 5.91 Å². The number of unbranched alkanes of at least 4 members (excludes halogenated alkanes) is 1. The SMILES string of the molecule is CC1CCCN(CCCCNC(=O)C(C)Oc2cccc(F)c2)C1. The fraction of sp³-hybridized carbons (Fsp3) is 0.632. The molecule has 1 aliphatic heterocycles. The van der Waals surface area contributed by atoms with Crippen molar-refractivity contribution in [1.29, 1.82) is 0 Å². The molecule has 1 aliphatic rings. The molecule has 1 fully saturated rings. The van der Waals surface area contributed by atoms with E-state index in [9.17, 15) is 9.18 Å². The first kappa shape index (κ1) is 18.7. The first-order valence-electron chi connectivity index (χ1n) is 8.97. The largest absolute Gasteiger partial charge is 0.481 e. The van der Waals surface area contributed by atoms with Crippen LogP contribution in [0.15, 0.2) is 24.3 Å². The highest BCUT2D eigenvalue weighted by atomic mass is 19.1. The van der Waals surface area contributed by atoms with E-state index in [4.69, 9.17) is 4.74 Å². The zero-order valence-corrected chi connectivity index (χ0v) is 14.8. The van der Waals surface area contributed by atoms with E-state index in [2.05, 4.69) is 17.1 Å². The Bertz CT molecular complexity index is 524. The van der Waals surface area contributed by atoms with Gasteiger partial charge >= 0.3 is 0 Å². The van der Waals surface area contributed by atoms with E-state index in [1.54, 1.807) is 19.1 Å². The van der Waals surface area contributed by atoms with Gasteiger partial charge in [0.25, 0.3) is 5.91 Å².